The van der Waals surface area contributed by atoms with Crippen molar-refractivity contribution in [3.8, 4) is 0 Å². The van der Waals surface area contributed by atoms with Gasteiger partial charge in [0.25, 0.3) is 5.91 Å². The molecule has 1 aromatic rings. The lowest BCUT2D eigenvalue weighted by Gasteiger charge is -2.30. The molecule has 0 aliphatic heterocycles. The minimum atomic E-state index is -3.95. The Morgan fingerprint density at radius 1 is 1.22 bits per heavy atom. The molecular weight excluding hydrogens is 399 g/mol. The number of benzene rings is 1. The molecule has 0 saturated heterocycles. The second kappa shape index (κ2) is 10.0. The van der Waals surface area contributed by atoms with Crippen molar-refractivity contribution < 1.29 is 27.1 Å². The zero-order chi connectivity index (χ0) is 20.8. The van der Waals surface area contributed by atoms with Gasteiger partial charge in [0.05, 0.1) is 16.3 Å². The fourth-order valence-electron chi connectivity index (χ4n) is 2.48. The average molecular weight is 423 g/mol. The van der Waals surface area contributed by atoms with Crippen LogP contribution in [0.15, 0.2) is 23.1 Å². The lowest BCUT2D eigenvalue weighted by molar-refractivity contribution is -0.153. The highest BCUT2D eigenvalue weighted by molar-refractivity contribution is 7.89. The van der Waals surface area contributed by atoms with Crippen LogP contribution in [0.4, 0.5) is 4.39 Å². The summed E-state index contributed by atoms with van der Waals surface area (Å²) in [5.41, 5.74) is 0. The third-order valence-corrected chi connectivity index (χ3v) is 5.33. The largest absolute Gasteiger partial charge is 0.456 e. The summed E-state index contributed by atoms with van der Waals surface area (Å²) in [5.74, 6) is -1.77. The number of hydrogen-bond donors (Lipinski definition) is 1. The highest BCUT2D eigenvalue weighted by Gasteiger charge is 2.21. The normalized spacial score (nSPS) is 11.7. The molecule has 1 amide bonds. The highest BCUT2D eigenvalue weighted by atomic mass is 35.5. The number of nitrogens with one attached hydrogen (secondary N) is 1. The van der Waals surface area contributed by atoms with Crippen molar-refractivity contribution in [1.29, 1.82) is 0 Å². The van der Waals surface area contributed by atoms with Gasteiger partial charge in [0.2, 0.25) is 10.0 Å². The Kier molecular flexibility index (Phi) is 8.64. The Morgan fingerprint density at radius 3 is 2.33 bits per heavy atom. The Hall–Kier alpha value is -1.71. The summed E-state index contributed by atoms with van der Waals surface area (Å²) in [7, 11) is -3.95. The predicted molar refractivity (Wildman–Crippen MR) is 99.3 cm³/mol. The fraction of sp³-hybridized carbons (Fsp3) is 0.529. The van der Waals surface area contributed by atoms with E-state index in [0.717, 1.165) is 18.2 Å². The van der Waals surface area contributed by atoms with E-state index in [1.165, 1.54) is 0 Å². The van der Waals surface area contributed by atoms with Gasteiger partial charge < -0.3 is 9.64 Å². The first kappa shape index (κ1) is 23.3. The zero-order valence-electron chi connectivity index (χ0n) is 15.7. The third kappa shape index (κ3) is 7.08. The van der Waals surface area contributed by atoms with Crippen LogP contribution in [0, 0.1) is 5.82 Å². The van der Waals surface area contributed by atoms with Crippen LogP contribution in [0.2, 0.25) is 5.02 Å². The number of halogens is 2. The molecule has 7 nitrogen and oxygen atoms in total. The van der Waals surface area contributed by atoms with E-state index < -0.39 is 28.4 Å². The number of nitrogens with zero attached hydrogens (tertiary/aromatic N) is 1. The zero-order valence-corrected chi connectivity index (χ0v) is 17.2. The summed E-state index contributed by atoms with van der Waals surface area (Å²) >= 11 is 5.57. The van der Waals surface area contributed by atoms with E-state index >= 15 is 0 Å². The molecule has 152 valence electrons. The van der Waals surface area contributed by atoms with E-state index in [0.29, 0.717) is 0 Å². The van der Waals surface area contributed by atoms with Gasteiger partial charge in [-0.25, -0.2) is 17.5 Å². The number of carbonyl (C=O) groups is 2. The molecule has 0 atom stereocenters. The Bertz CT molecular complexity index is 776. The van der Waals surface area contributed by atoms with Gasteiger partial charge in [0.15, 0.2) is 6.61 Å². The first-order valence-corrected chi connectivity index (χ1v) is 10.2. The van der Waals surface area contributed by atoms with Crippen molar-refractivity contribution >= 4 is 33.5 Å². The van der Waals surface area contributed by atoms with Gasteiger partial charge in [0, 0.05) is 18.6 Å². The molecule has 0 aliphatic rings. The van der Waals surface area contributed by atoms with Crippen molar-refractivity contribution in [2.24, 2.45) is 0 Å². The van der Waals surface area contributed by atoms with Crippen molar-refractivity contribution in [2.45, 2.75) is 51.1 Å². The molecule has 1 rings (SSSR count). The number of ether oxygens (including phenoxy) is 1. The SMILES string of the molecule is CC(C)N(C(=O)COC(=O)CCNS(=O)(=O)c1ccc(F)c(Cl)c1)C(C)C. The molecule has 0 radical (unpaired) electrons. The second-order valence-corrected chi connectivity index (χ2v) is 8.55. The van der Waals surface area contributed by atoms with Crippen molar-refractivity contribution in [3.63, 3.8) is 0 Å². The first-order chi connectivity index (χ1) is 12.5. The van der Waals surface area contributed by atoms with Gasteiger partial charge in [-0.2, -0.15) is 0 Å². The maximum absolute atomic E-state index is 13.1. The molecule has 1 aromatic carbocycles. The van der Waals surface area contributed by atoms with Gasteiger partial charge in [-0.3, -0.25) is 9.59 Å². The van der Waals surface area contributed by atoms with Crippen LogP contribution in [0.5, 0.6) is 0 Å². The van der Waals surface area contributed by atoms with E-state index in [9.17, 15) is 22.4 Å². The average Bonchev–Trinajstić information content (AvgIpc) is 2.54. The predicted octanol–water partition coefficient (Wildman–Crippen LogP) is 2.34. The van der Waals surface area contributed by atoms with Gasteiger partial charge in [0.1, 0.15) is 5.82 Å². The van der Waals surface area contributed by atoms with Crippen LogP contribution in [0.1, 0.15) is 34.1 Å². The molecule has 0 unspecified atom stereocenters. The van der Waals surface area contributed by atoms with Crippen LogP contribution >= 0.6 is 11.6 Å². The summed E-state index contributed by atoms with van der Waals surface area (Å²) in [6, 6.07) is 2.90. The number of carbonyl (C=O) groups excluding carboxylic acids is 2. The topological polar surface area (TPSA) is 92.8 Å². The number of esters is 1. The molecule has 0 saturated carbocycles. The fourth-order valence-corrected chi connectivity index (χ4v) is 3.78. The first-order valence-electron chi connectivity index (χ1n) is 8.37. The van der Waals surface area contributed by atoms with Crippen LogP contribution in [-0.4, -0.2) is 50.4 Å². The summed E-state index contributed by atoms with van der Waals surface area (Å²) in [5, 5.41) is -0.323. The van der Waals surface area contributed by atoms with E-state index in [2.05, 4.69) is 4.72 Å². The lowest BCUT2D eigenvalue weighted by Crippen LogP contribution is -2.44. The number of rotatable bonds is 9. The van der Waals surface area contributed by atoms with Crippen molar-refractivity contribution in [2.75, 3.05) is 13.2 Å². The quantitative estimate of drug-likeness (QED) is 0.616. The van der Waals surface area contributed by atoms with E-state index in [4.69, 9.17) is 16.3 Å². The van der Waals surface area contributed by atoms with Crippen LogP contribution in [-0.2, 0) is 24.3 Å². The summed E-state index contributed by atoms with van der Waals surface area (Å²) in [6.07, 6.45) is -0.259. The number of sulfonamides is 1. The van der Waals surface area contributed by atoms with Gasteiger partial charge in [-0.15, -0.1) is 0 Å². The molecule has 0 heterocycles. The number of hydrogen-bond acceptors (Lipinski definition) is 5. The van der Waals surface area contributed by atoms with Crippen LogP contribution < -0.4 is 4.72 Å². The summed E-state index contributed by atoms with van der Waals surface area (Å²) < 4.78 is 44.4. The molecule has 0 fully saturated rings. The molecule has 0 aliphatic carbocycles. The Balaban J connectivity index is 2.50. The standard InChI is InChI=1S/C17H24ClFN2O5S/c1-11(2)21(12(3)4)16(22)10-26-17(23)7-8-20-27(24,25)13-5-6-15(19)14(18)9-13/h5-6,9,11-12,20H,7-8,10H2,1-4H3. The lowest BCUT2D eigenvalue weighted by atomic mass is 10.2. The smallest absolute Gasteiger partial charge is 0.307 e. The molecule has 0 bridgehead atoms. The highest BCUT2D eigenvalue weighted by Crippen LogP contribution is 2.19. The van der Waals surface area contributed by atoms with Gasteiger partial charge >= 0.3 is 5.97 Å². The maximum atomic E-state index is 13.1. The molecular formula is C17H24ClFN2O5S. The minimum absolute atomic E-state index is 0.0365. The van der Waals surface area contributed by atoms with E-state index in [1.807, 2.05) is 27.7 Å². The summed E-state index contributed by atoms with van der Waals surface area (Å²) in [4.78, 5) is 25.2. The van der Waals surface area contributed by atoms with Crippen molar-refractivity contribution in [3.05, 3.63) is 29.0 Å². The third-order valence-electron chi connectivity index (χ3n) is 3.58. The molecule has 0 aromatic heterocycles. The van der Waals surface area contributed by atoms with E-state index in [-0.39, 0.29) is 40.9 Å². The second-order valence-electron chi connectivity index (χ2n) is 6.37. The summed E-state index contributed by atoms with van der Waals surface area (Å²) in [6.45, 7) is 6.79. The van der Waals surface area contributed by atoms with Crippen LogP contribution in [0.25, 0.3) is 0 Å². The Labute approximate surface area is 163 Å². The molecule has 10 heteroatoms. The monoisotopic (exact) mass is 422 g/mol. The van der Waals surface area contributed by atoms with Gasteiger partial charge in [-0.05, 0) is 45.9 Å². The number of amides is 1. The van der Waals surface area contributed by atoms with Gasteiger partial charge in [-0.1, -0.05) is 11.6 Å². The molecule has 0 spiro atoms. The molecule has 27 heavy (non-hydrogen) atoms. The van der Waals surface area contributed by atoms with Crippen molar-refractivity contribution in [1.82, 2.24) is 9.62 Å². The molecule has 1 N–H and O–H groups in total. The minimum Gasteiger partial charge on any atom is -0.456 e. The van der Waals surface area contributed by atoms with Crippen LogP contribution in [0.3, 0.4) is 0 Å². The maximum Gasteiger partial charge on any atom is 0.307 e. The van der Waals surface area contributed by atoms with E-state index in [1.54, 1.807) is 4.90 Å². The Morgan fingerprint density at radius 2 is 1.81 bits per heavy atom.